The van der Waals surface area contributed by atoms with Gasteiger partial charge in [0.15, 0.2) is 12.4 Å². The number of benzene rings is 2. The van der Waals surface area contributed by atoms with Gasteiger partial charge in [0.1, 0.15) is 17.9 Å². The van der Waals surface area contributed by atoms with Gasteiger partial charge in [0.2, 0.25) is 0 Å². The number of rotatable bonds is 6. The van der Waals surface area contributed by atoms with Gasteiger partial charge in [-0.15, -0.1) is 10.2 Å². The number of carbonyl (C=O) groups is 1. The average Bonchev–Trinajstić information content (AvgIpc) is 3.10. The van der Waals surface area contributed by atoms with Crippen LogP contribution in [0.2, 0.25) is 0 Å². The highest BCUT2D eigenvalue weighted by Gasteiger charge is 2.10. The standard InChI is InChI=1S/C18H16BrFN4O2/c1-2-24-11-21-23-18(24)12-4-3-5-14(8-12)22-17(25)10-26-16-7-6-13(20)9-15(16)19/h3-9,11H,2,10H2,1H3,(H,22,25). The number of nitrogens with one attached hydrogen (secondary N) is 1. The predicted octanol–water partition coefficient (Wildman–Crippen LogP) is 3.88. The number of carbonyl (C=O) groups excluding carboxylic acids is 1. The first-order valence-corrected chi connectivity index (χ1v) is 8.72. The third kappa shape index (κ3) is 4.26. The molecule has 26 heavy (non-hydrogen) atoms. The number of hydrogen-bond donors (Lipinski definition) is 1. The van der Waals surface area contributed by atoms with Crippen LogP contribution >= 0.6 is 15.9 Å². The van der Waals surface area contributed by atoms with Gasteiger partial charge in [-0.05, 0) is 53.2 Å². The largest absolute Gasteiger partial charge is 0.483 e. The molecule has 1 amide bonds. The second-order valence-corrected chi connectivity index (χ2v) is 6.29. The first-order valence-electron chi connectivity index (χ1n) is 7.92. The van der Waals surface area contributed by atoms with Crippen molar-refractivity contribution in [2.24, 2.45) is 0 Å². The van der Waals surface area contributed by atoms with E-state index in [9.17, 15) is 9.18 Å². The Morgan fingerprint density at radius 3 is 2.92 bits per heavy atom. The van der Waals surface area contributed by atoms with E-state index >= 15 is 0 Å². The van der Waals surface area contributed by atoms with Crippen LogP contribution in [0.5, 0.6) is 5.75 Å². The summed E-state index contributed by atoms with van der Waals surface area (Å²) in [7, 11) is 0. The molecule has 0 fully saturated rings. The molecule has 0 saturated carbocycles. The zero-order valence-electron chi connectivity index (χ0n) is 13.9. The van der Waals surface area contributed by atoms with Crippen molar-refractivity contribution in [2.75, 3.05) is 11.9 Å². The number of halogens is 2. The van der Waals surface area contributed by atoms with Crippen molar-refractivity contribution in [3.8, 4) is 17.1 Å². The summed E-state index contributed by atoms with van der Waals surface area (Å²) in [6, 6.07) is 11.3. The second kappa shape index (κ2) is 8.09. The zero-order valence-corrected chi connectivity index (χ0v) is 15.5. The normalized spacial score (nSPS) is 10.6. The molecule has 0 atom stereocenters. The maximum absolute atomic E-state index is 13.1. The van der Waals surface area contributed by atoms with E-state index in [1.165, 1.54) is 18.2 Å². The fraction of sp³-hybridized carbons (Fsp3) is 0.167. The molecule has 0 saturated heterocycles. The molecule has 0 spiro atoms. The molecule has 1 heterocycles. The van der Waals surface area contributed by atoms with E-state index in [0.29, 0.717) is 15.9 Å². The van der Waals surface area contributed by atoms with Gasteiger partial charge in [-0.3, -0.25) is 4.79 Å². The Morgan fingerprint density at radius 1 is 1.31 bits per heavy atom. The topological polar surface area (TPSA) is 69.0 Å². The number of aryl methyl sites for hydroxylation is 1. The Labute approximate surface area is 158 Å². The molecule has 0 aliphatic heterocycles. The monoisotopic (exact) mass is 418 g/mol. The molecule has 134 valence electrons. The Hall–Kier alpha value is -2.74. The molecule has 0 aliphatic rings. The number of hydrogen-bond acceptors (Lipinski definition) is 4. The van der Waals surface area contributed by atoms with Crippen LogP contribution in [0.15, 0.2) is 53.3 Å². The van der Waals surface area contributed by atoms with Gasteiger partial charge in [0.25, 0.3) is 5.91 Å². The van der Waals surface area contributed by atoms with E-state index in [1.807, 2.05) is 29.7 Å². The average molecular weight is 419 g/mol. The summed E-state index contributed by atoms with van der Waals surface area (Å²) in [4.78, 5) is 12.1. The highest BCUT2D eigenvalue weighted by Crippen LogP contribution is 2.25. The molecule has 0 unspecified atom stereocenters. The van der Waals surface area contributed by atoms with Gasteiger partial charge < -0.3 is 14.6 Å². The first-order chi connectivity index (χ1) is 12.6. The van der Waals surface area contributed by atoms with Crippen LogP contribution < -0.4 is 10.1 Å². The number of amides is 1. The zero-order chi connectivity index (χ0) is 18.5. The molecule has 0 aliphatic carbocycles. The van der Waals surface area contributed by atoms with E-state index in [2.05, 4.69) is 31.4 Å². The quantitative estimate of drug-likeness (QED) is 0.659. The van der Waals surface area contributed by atoms with Gasteiger partial charge >= 0.3 is 0 Å². The van der Waals surface area contributed by atoms with Crippen molar-refractivity contribution in [3.05, 3.63) is 59.1 Å². The summed E-state index contributed by atoms with van der Waals surface area (Å²) in [5.41, 5.74) is 1.48. The number of anilines is 1. The fourth-order valence-electron chi connectivity index (χ4n) is 2.38. The van der Waals surface area contributed by atoms with Crippen molar-refractivity contribution in [1.29, 1.82) is 0 Å². The van der Waals surface area contributed by atoms with Gasteiger partial charge in [-0.2, -0.15) is 0 Å². The lowest BCUT2D eigenvalue weighted by atomic mass is 10.2. The smallest absolute Gasteiger partial charge is 0.262 e. The summed E-state index contributed by atoms with van der Waals surface area (Å²) in [6.07, 6.45) is 1.66. The molecular weight excluding hydrogens is 403 g/mol. The minimum atomic E-state index is -0.384. The molecular formula is C18H16BrFN4O2. The Bertz CT molecular complexity index is 929. The molecule has 3 rings (SSSR count). The number of aromatic nitrogens is 3. The van der Waals surface area contributed by atoms with Crippen molar-refractivity contribution in [1.82, 2.24) is 14.8 Å². The van der Waals surface area contributed by atoms with Crippen molar-refractivity contribution in [2.45, 2.75) is 13.5 Å². The lowest BCUT2D eigenvalue weighted by Gasteiger charge is -2.10. The first kappa shape index (κ1) is 18.1. The van der Waals surface area contributed by atoms with Crippen molar-refractivity contribution in [3.63, 3.8) is 0 Å². The summed E-state index contributed by atoms with van der Waals surface area (Å²) in [5.74, 6) is 0.419. The molecule has 0 radical (unpaired) electrons. The van der Waals surface area contributed by atoms with Gasteiger partial charge in [-0.25, -0.2) is 4.39 Å². The third-order valence-corrected chi connectivity index (χ3v) is 4.23. The van der Waals surface area contributed by atoms with Crippen molar-refractivity contribution < 1.29 is 13.9 Å². The van der Waals surface area contributed by atoms with Crippen LogP contribution in [0.4, 0.5) is 10.1 Å². The Kier molecular flexibility index (Phi) is 5.62. The Morgan fingerprint density at radius 2 is 2.15 bits per heavy atom. The molecule has 1 aromatic heterocycles. The van der Waals surface area contributed by atoms with E-state index in [4.69, 9.17) is 4.74 Å². The maximum atomic E-state index is 13.1. The van der Waals surface area contributed by atoms with Crippen LogP contribution in [0, 0.1) is 5.82 Å². The van der Waals surface area contributed by atoms with Crippen LogP contribution in [0.1, 0.15) is 6.92 Å². The van der Waals surface area contributed by atoms with Crippen LogP contribution in [0.3, 0.4) is 0 Å². The lowest BCUT2D eigenvalue weighted by Crippen LogP contribution is -2.20. The molecule has 0 bridgehead atoms. The minimum absolute atomic E-state index is 0.195. The highest BCUT2D eigenvalue weighted by atomic mass is 79.9. The summed E-state index contributed by atoms with van der Waals surface area (Å²) >= 11 is 3.20. The molecule has 6 nitrogen and oxygen atoms in total. The van der Waals surface area contributed by atoms with Crippen LogP contribution in [-0.2, 0) is 11.3 Å². The van der Waals surface area contributed by atoms with E-state index < -0.39 is 0 Å². The molecule has 1 N–H and O–H groups in total. The second-order valence-electron chi connectivity index (χ2n) is 5.43. The molecule has 3 aromatic rings. The lowest BCUT2D eigenvalue weighted by molar-refractivity contribution is -0.118. The summed E-state index contributed by atoms with van der Waals surface area (Å²) < 4.78 is 20.8. The molecule has 8 heteroatoms. The van der Waals surface area contributed by atoms with Gasteiger partial charge in [0, 0.05) is 17.8 Å². The molecule has 2 aromatic carbocycles. The van der Waals surface area contributed by atoms with E-state index in [-0.39, 0.29) is 18.3 Å². The van der Waals surface area contributed by atoms with Crippen molar-refractivity contribution >= 4 is 27.5 Å². The SMILES string of the molecule is CCn1cnnc1-c1cccc(NC(=O)COc2ccc(F)cc2Br)c1. The number of ether oxygens (including phenoxy) is 1. The van der Waals surface area contributed by atoms with Crippen LogP contribution in [-0.4, -0.2) is 27.3 Å². The van der Waals surface area contributed by atoms with E-state index in [1.54, 1.807) is 12.4 Å². The number of nitrogens with zero attached hydrogens (tertiary/aromatic N) is 3. The van der Waals surface area contributed by atoms with Gasteiger partial charge in [-0.1, -0.05) is 12.1 Å². The summed E-state index contributed by atoms with van der Waals surface area (Å²) in [6.45, 7) is 2.56. The summed E-state index contributed by atoms with van der Waals surface area (Å²) in [5, 5.41) is 10.8. The Balaban J connectivity index is 1.65. The highest BCUT2D eigenvalue weighted by molar-refractivity contribution is 9.10. The van der Waals surface area contributed by atoms with E-state index in [0.717, 1.165) is 17.9 Å². The van der Waals surface area contributed by atoms with Crippen LogP contribution in [0.25, 0.3) is 11.4 Å². The minimum Gasteiger partial charge on any atom is -0.483 e. The third-order valence-electron chi connectivity index (χ3n) is 3.61. The predicted molar refractivity (Wildman–Crippen MR) is 99.4 cm³/mol. The maximum Gasteiger partial charge on any atom is 0.262 e. The fourth-order valence-corrected chi connectivity index (χ4v) is 2.84. The van der Waals surface area contributed by atoms with Gasteiger partial charge in [0.05, 0.1) is 4.47 Å².